The summed E-state index contributed by atoms with van der Waals surface area (Å²) in [5, 5.41) is 12.0. The van der Waals surface area contributed by atoms with Crippen molar-refractivity contribution in [2.75, 3.05) is 6.54 Å². The summed E-state index contributed by atoms with van der Waals surface area (Å²) in [6, 6.07) is 0. The first-order valence-corrected chi connectivity index (χ1v) is 5.63. The summed E-state index contributed by atoms with van der Waals surface area (Å²) >= 11 is 3.25. The molecule has 1 amide bonds. The smallest absolute Gasteiger partial charge is 0.233 e. The summed E-state index contributed by atoms with van der Waals surface area (Å²) in [6.07, 6.45) is 1.85. The molecule has 0 radical (unpaired) electrons. The Bertz CT molecular complexity index is 153. The van der Waals surface area contributed by atoms with Gasteiger partial charge in [-0.1, -0.05) is 29.8 Å². The van der Waals surface area contributed by atoms with Gasteiger partial charge in [-0.25, -0.2) is 0 Å². The molecule has 4 heteroatoms. The summed E-state index contributed by atoms with van der Waals surface area (Å²) in [7, 11) is 0. The number of alkyl halides is 1. The van der Waals surface area contributed by atoms with E-state index in [4.69, 9.17) is 0 Å². The number of carbonyl (C=O) groups excluding carboxylic acids is 1. The molecule has 3 nitrogen and oxygen atoms in total. The van der Waals surface area contributed by atoms with E-state index in [0.29, 0.717) is 13.0 Å². The average Bonchev–Trinajstić information content (AvgIpc) is 2.15. The van der Waals surface area contributed by atoms with E-state index in [1.807, 2.05) is 13.8 Å². The molecule has 2 atom stereocenters. The van der Waals surface area contributed by atoms with Gasteiger partial charge in [-0.3, -0.25) is 4.79 Å². The molecule has 0 rings (SSSR count). The first kappa shape index (κ1) is 12.9. The minimum Gasteiger partial charge on any atom is -0.393 e. The molecule has 0 saturated heterocycles. The molecule has 2 N–H and O–H groups in total. The van der Waals surface area contributed by atoms with Gasteiger partial charge < -0.3 is 10.4 Å². The molecular formula is C9H18BrNO2. The van der Waals surface area contributed by atoms with Crippen molar-refractivity contribution in [1.82, 2.24) is 5.32 Å². The van der Waals surface area contributed by atoms with Crippen LogP contribution in [-0.2, 0) is 4.79 Å². The summed E-state index contributed by atoms with van der Waals surface area (Å²) in [5.74, 6) is 0.00537. The molecule has 0 aromatic carbocycles. The van der Waals surface area contributed by atoms with Crippen LogP contribution in [0.15, 0.2) is 0 Å². The van der Waals surface area contributed by atoms with E-state index in [1.54, 1.807) is 0 Å². The second kappa shape index (κ2) is 7.33. The zero-order valence-electron chi connectivity index (χ0n) is 8.22. The van der Waals surface area contributed by atoms with Gasteiger partial charge in [-0.05, 0) is 19.3 Å². The topological polar surface area (TPSA) is 49.3 Å². The van der Waals surface area contributed by atoms with Crippen molar-refractivity contribution in [2.24, 2.45) is 0 Å². The van der Waals surface area contributed by atoms with Crippen LogP contribution in [0.2, 0.25) is 0 Å². The van der Waals surface area contributed by atoms with Crippen LogP contribution < -0.4 is 5.32 Å². The van der Waals surface area contributed by atoms with E-state index in [1.165, 1.54) is 0 Å². The maximum atomic E-state index is 11.2. The maximum Gasteiger partial charge on any atom is 0.233 e. The van der Waals surface area contributed by atoms with Gasteiger partial charge in [0.1, 0.15) is 0 Å². The van der Waals surface area contributed by atoms with Crippen molar-refractivity contribution in [1.29, 1.82) is 0 Å². The number of aliphatic hydroxyl groups is 1. The van der Waals surface area contributed by atoms with Crippen LogP contribution in [0.3, 0.4) is 0 Å². The van der Waals surface area contributed by atoms with Gasteiger partial charge in [-0.15, -0.1) is 0 Å². The van der Waals surface area contributed by atoms with Crippen LogP contribution in [0.4, 0.5) is 0 Å². The number of hydrogen-bond donors (Lipinski definition) is 2. The molecule has 0 aromatic heterocycles. The lowest BCUT2D eigenvalue weighted by Crippen LogP contribution is -2.32. The lowest BCUT2D eigenvalue weighted by molar-refractivity contribution is -0.120. The number of nitrogens with one attached hydrogen (secondary N) is 1. The van der Waals surface area contributed by atoms with Crippen molar-refractivity contribution in [3.8, 4) is 0 Å². The number of hydrogen-bond acceptors (Lipinski definition) is 2. The fourth-order valence-corrected chi connectivity index (χ4v) is 1.02. The van der Waals surface area contributed by atoms with Crippen molar-refractivity contribution >= 4 is 21.8 Å². The third-order valence-electron chi connectivity index (χ3n) is 1.89. The lowest BCUT2D eigenvalue weighted by atomic mass is 10.2. The first-order valence-electron chi connectivity index (χ1n) is 4.71. The molecule has 0 saturated carbocycles. The molecule has 13 heavy (non-hydrogen) atoms. The molecule has 0 aromatic rings. The highest BCUT2D eigenvalue weighted by atomic mass is 79.9. The molecule has 0 aliphatic heterocycles. The summed E-state index contributed by atoms with van der Waals surface area (Å²) in [6.45, 7) is 4.42. The van der Waals surface area contributed by atoms with Crippen LogP contribution >= 0.6 is 15.9 Å². The first-order chi connectivity index (χ1) is 6.11. The second-order valence-electron chi connectivity index (χ2n) is 3.02. The van der Waals surface area contributed by atoms with Crippen LogP contribution in [0, 0.1) is 0 Å². The van der Waals surface area contributed by atoms with Crippen LogP contribution in [0.1, 0.15) is 33.1 Å². The van der Waals surface area contributed by atoms with Crippen molar-refractivity contribution in [3.05, 3.63) is 0 Å². The molecule has 0 aliphatic carbocycles. The minimum atomic E-state index is -0.296. The fourth-order valence-electron chi connectivity index (χ4n) is 0.862. The normalized spacial score (nSPS) is 15.1. The van der Waals surface area contributed by atoms with E-state index < -0.39 is 0 Å². The Balaban J connectivity index is 3.47. The molecule has 2 unspecified atom stereocenters. The highest BCUT2D eigenvalue weighted by Gasteiger charge is 2.11. The predicted octanol–water partition coefficient (Wildman–Crippen LogP) is 1.44. The van der Waals surface area contributed by atoms with E-state index in [9.17, 15) is 9.90 Å². The number of halogens is 1. The van der Waals surface area contributed by atoms with Gasteiger partial charge in [0.15, 0.2) is 0 Å². The average molecular weight is 252 g/mol. The van der Waals surface area contributed by atoms with Gasteiger partial charge >= 0.3 is 0 Å². The van der Waals surface area contributed by atoms with E-state index in [-0.39, 0.29) is 16.8 Å². The Morgan fingerprint density at radius 2 is 2.08 bits per heavy atom. The van der Waals surface area contributed by atoms with E-state index >= 15 is 0 Å². The SMILES string of the molecule is CCC(O)CCNC(=O)C(Br)CC. The van der Waals surface area contributed by atoms with Crippen LogP contribution in [0.5, 0.6) is 0 Å². The van der Waals surface area contributed by atoms with Crippen molar-refractivity contribution < 1.29 is 9.90 Å². The molecule has 0 spiro atoms. The predicted molar refractivity (Wildman–Crippen MR) is 56.9 cm³/mol. The Morgan fingerprint density at radius 1 is 1.46 bits per heavy atom. The van der Waals surface area contributed by atoms with Gasteiger partial charge in [-0.2, -0.15) is 0 Å². The summed E-state index contributed by atoms with van der Waals surface area (Å²) < 4.78 is 0. The molecule has 0 bridgehead atoms. The Kier molecular flexibility index (Phi) is 7.28. The number of carbonyl (C=O) groups is 1. The minimum absolute atomic E-state index is 0.00537. The number of aliphatic hydroxyl groups excluding tert-OH is 1. The highest BCUT2D eigenvalue weighted by Crippen LogP contribution is 2.03. The number of amides is 1. The largest absolute Gasteiger partial charge is 0.393 e. The molecular weight excluding hydrogens is 234 g/mol. The van der Waals surface area contributed by atoms with Crippen LogP contribution in [0.25, 0.3) is 0 Å². The van der Waals surface area contributed by atoms with Gasteiger partial charge in [0.2, 0.25) is 5.91 Å². The molecule has 78 valence electrons. The number of rotatable bonds is 6. The van der Waals surface area contributed by atoms with Gasteiger partial charge in [0.25, 0.3) is 0 Å². The Hall–Kier alpha value is -0.0900. The Morgan fingerprint density at radius 3 is 2.54 bits per heavy atom. The summed E-state index contributed by atoms with van der Waals surface area (Å²) in [5.41, 5.74) is 0. The standard InChI is InChI=1S/C9H18BrNO2/c1-3-7(12)5-6-11-9(13)8(10)4-2/h7-8,12H,3-6H2,1-2H3,(H,11,13). The monoisotopic (exact) mass is 251 g/mol. The van der Waals surface area contributed by atoms with E-state index in [2.05, 4.69) is 21.2 Å². The molecule has 0 aliphatic rings. The fraction of sp³-hybridized carbons (Fsp3) is 0.889. The molecule has 0 heterocycles. The highest BCUT2D eigenvalue weighted by molar-refractivity contribution is 9.10. The maximum absolute atomic E-state index is 11.2. The van der Waals surface area contributed by atoms with E-state index in [0.717, 1.165) is 12.8 Å². The van der Waals surface area contributed by atoms with Crippen molar-refractivity contribution in [2.45, 2.75) is 44.0 Å². The zero-order chi connectivity index (χ0) is 10.3. The Labute approximate surface area is 88.0 Å². The zero-order valence-corrected chi connectivity index (χ0v) is 9.80. The third kappa shape index (κ3) is 6.05. The summed E-state index contributed by atoms with van der Waals surface area (Å²) in [4.78, 5) is 11.1. The molecule has 0 fully saturated rings. The third-order valence-corrected chi connectivity index (χ3v) is 2.95. The van der Waals surface area contributed by atoms with Gasteiger partial charge in [0, 0.05) is 6.54 Å². The second-order valence-corrected chi connectivity index (χ2v) is 4.12. The van der Waals surface area contributed by atoms with Crippen molar-refractivity contribution in [3.63, 3.8) is 0 Å². The lowest BCUT2D eigenvalue weighted by Gasteiger charge is -2.10. The quantitative estimate of drug-likeness (QED) is 0.703. The van der Waals surface area contributed by atoms with Gasteiger partial charge in [0.05, 0.1) is 10.9 Å². The van der Waals surface area contributed by atoms with Crippen LogP contribution in [-0.4, -0.2) is 28.5 Å².